The molecule has 0 aromatic rings. The summed E-state index contributed by atoms with van der Waals surface area (Å²) in [5.41, 5.74) is 6.25. The molecule has 0 spiro atoms. The molecule has 1 aliphatic carbocycles. The molecule has 2 nitrogen and oxygen atoms in total. The fourth-order valence-electron chi connectivity index (χ4n) is 1.92. The van der Waals surface area contributed by atoms with Crippen LogP contribution in [0.3, 0.4) is 0 Å². The van der Waals surface area contributed by atoms with E-state index in [1.54, 1.807) is 0 Å². The van der Waals surface area contributed by atoms with Crippen LogP contribution in [0.25, 0.3) is 0 Å². The standard InChI is InChI=1S/C9H19NO/c10-9(5-1-2-6-9)7-3-4-8-11/h11H,1-8,10H2. The Morgan fingerprint density at radius 3 is 2.36 bits per heavy atom. The highest BCUT2D eigenvalue weighted by Gasteiger charge is 2.27. The number of unbranched alkanes of at least 4 members (excludes halogenated alkanes) is 1. The lowest BCUT2D eigenvalue weighted by Crippen LogP contribution is -2.36. The van der Waals surface area contributed by atoms with Crippen molar-refractivity contribution in [3.05, 3.63) is 0 Å². The largest absolute Gasteiger partial charge is 0.396 e. The van der Waals surface area contributed by atoms with Gasteiger partial charge in [-0.3, -0.25) is 0 Å². The fraction of sp³-hybridized carbons (Fsp3) is 1.00. The Balaban J connectivity index is 2.13. The Bertz CT molecular complexity index is 108. The van der Waals surface area contributed by atoms with Gasteiger partial charge in [-0.2, -0.15) is 0 Å². The van der Waals surface area contributed by atoms with Crippen molar-refractivity contribution >= 4 is 0 Å². The van der Waals surface area contributed by atoms with Crippen molar-refractivity contribution in [3.8, 4) is 0 Å². The van der Waals surface area contributed by atoms with Gasteiger partial charge in [0.25, 0.3) is 0 Å². The normalized spacial score (nSPS) is 22.4. The molecule has 0 aliphatic heterocycles. The van der Waals surface area contributed by atoms with E-state index in [1.165, 1.54) is 25.7 Å². The summed E-state index contributed by atoms with van der Waals surface area (Å²) in [6.07, 6.45) is 8.10. The maximum absolute atomic E-state index is 8.58. The molecule has 1 rings (SSSR count). The number of rotatable bonds is 4. The van der Waals surface area contributed by atoms with Crippen LogP contribution in [-0.4, -0.2) is 17.3 Å². The van der Waals surface area contributed by atoms with Crippen molar-refractivity contribution in [2.24, 2.45) is 5.73 Å². The van der Waals surface area contributed by atoms with Crippen molar-refractivity contribution in [1.29, 1.82) is 0 Å². The number of aliphatic hydroxyl groups excluding tert-OH is 1. The maximum Gasteiger partial charge on any atom is 0.0431 e. The predicted molar refractivity (Wildman–Crippen MR) is 46.3 cm³/mol. The van der Waals surface area contributed by atoms with Crippen molar-refractivity contribution in [2.45, 2.75) is 50.5 Å². The third-order valence-electron chi connectivity index (χ3n) is 2.68. The molecule has 0 unspecified atom stereocenters. The quantitative estimate of drug-likeness (QED) is 0.606. The molecule has 1 aliphatic rings. The average molecular weight is 157 g/mol. The lowest BCUT2D eigenvalue weighted by Gasteiger charge is -2.22. The highest BCUT2D eigenvalue weighted by atomic mass is 16.2. The zero-order chi connectivity index (χ0) is 8.16. The Kier molecular flexibility index (Phi) is 3.34. The van der Waals surface area contributed by atoms with Crippen LogP contribution in [0.5, 0.6) is 0 Å². The minimum Gasteiger partial charge on any atom is -0.396 e. The Hall–Kier alpha value is -0.0800. The van der Waals surface area contributed by atoms with Gasteiger partial charge in [0.05, 0.1) is 0 Å². The summed E-state index contributed by atoms with van der Waals surface area (Å²) in [5, 5.41) is 8.58. The van der Waals surface area contributed by atoms with Crippen molar-refractivity contribution in [2.75, 3.05) is 6.61 Å². The zero-order valence-electron chi connectivity index (χ0n) is 7.18. The second-order valence-corrected chi connectivity index (χ2v) is 3.75. The number of nitrogens with two attached hydrogens (primary N) is 1. The van der Waals surface area contributed by atoms with E-state index in [4.69, 9.17) is 10.8 Å². The van der Waals surface area contributed by atoms with Gasteiger partial charge in [-0.15, -0.1) is 0 Å². The first-order valence-electron chi connectivity index (χ1n) is 4.67. The molecule has 11 heavy (non-hydrogen) atoms. The summed E-state index contributed by atoms with van der Waals surface area (Å²) in [6, 6.07) is 0. The molecule has 1 saturated carbocycles. The van der Waals surface area contributed by atoms with Gasteiger partial charge >= 0.3 is 0 Å². The maximum atomic E-state index is 8.58. The molecule has 2 heteroatoms. The SMILES string of the molecule is NC1(CCCCO)CCCC1. The molecule has 0 saturated heterocycles. The smallest absolute Gasteiger partial charge is 0.0431 e. The summed E-state index contributed by atoms with van der Waals surface area (Å²) in [4.78, 5) is 0. The summed E-state index contributed by atoms with van der Waals surface area (Å²) >= 11 is 0. The highest BCUT2D eigenvalue weighted by molar-refractivity contribution is 4.88. The summed E-state index contributed by atoms with van der Waals surface area (Å²) in [6.45, 7) is 0.316. The minimum atomic E-state index is 0.134. The van der Waals surface area contributed by atoms with Gasteiger partial charge in [0.2, 0.25) is 0 Å². The van der Waals surface area contributed by atoms with E-state index in [9.17, 15) is 0 Å². The summed E-state index contributed by atoms with van der Waals surface area (Å²) in [5.74, 6) is 0. The number of hydrogen-bond acceptors (Lipinski definition) is 2. The Morgan fingerprint density at radius 2 is 1.82 bits per heavy atom. The van der Waals surface area contributed by atoms with Crippen LogP contribution in [0.15, 0.2) is 0 Å². The van der Waals surface area contributed by atoms with Gasteiger partial charge in [-0.05, 0) is 32.1 Å². The van der Waals surface area contributed by atoms with Crippen LogP contribution in [-0.2, 0) is 0 Å². The van der Waals surface area contributed by atoms with E-state index in [1.807, 2.05) is 0 Å². The van der Waals surface area contributed by atoms with Crippen LogP contribution in [0.2, 0.25) is 0 Å². The van der Waals surface area contributed by atoms with Crippen LogP contribution in [0.4, 0.5) is 0 Å². The third-order valence-corrected chi connectivity index (χ3v) is 2.68. The first-order chi connectivity index (χ1) is 5.27. The van der Waals surface area contributed by atoms with Crippen molar-refractivity contribution in [3.63, 3.8) is 0 Å². The van der Waals surface area contributed by atoms with E-state index in [0.717, 1.165) is 19.3 Å². The predicted octanol–water partition coefficient (Wildman–Crippen LogP) is 1.42. The van der Waals surface area contributed by atoms with Gasteiger partial charge in [0, 0.05) is 12.1 Å². The first-order valence-corrected chi connectivity index (χ1v) is 4.67. The van der Waals surface area contributed by atoms with E-state index in [-0.39, 0.29) is 5.54 Å². The molecular weight excluding hydrogens is 138 g/mol. The van der Waals surface area contributed by atoms with Gasteiger partial charge < -0.3 is 10.8 Å². The fourth-order valence-corrected chi connectivity index (χ4v) is 1.92. The molecule has 0 amide bonds. The van der Waals surface area contributed by atoms with Gasteiger partial charge in [-0.25, -0.2) is 0 Å². The monoisotopic (exact) mass is 157 g/mol. The molecule has 0 bridgehead atoms. The molecule has 0 heterocycles. The van der Waals surface area contributed by atoms with Crippen LogP contribution in [0, 0.1) is 0 Å². The van der Waals surface area contributed by atoms with Crippen LogP contribution < -0.4 is 5.73 Å². The molecule has 0 atom stereocenters. The molecule has 3 N–H and O–H groups in total. The third kappa shape index (κ3) is 2.80. The van der Waals surface area contributed by atoms with Gasteiger partial charge in [-0.1, -0.05) is 12.8 Å². The number of aliphatic hydroxyl groups is 1. The second-order valence-electron chi connectivity index (χ2n) is 3.75. The molecule has 0 aromatic heterocycles. The van der Waals surface area contributed by atoms with Crippen LogP contribution in [0.1, 0.15) is 44.9 Å². The molecule has 0 aromatic carbocycles. The molecule has 1 fully saturated rings. The summed E-state index contributed by atoms with van der Waals surface area (Å²) in [7, 11) is 0. The lowest BCUT2D eigenvalue weighted by molar-refractivity contribution is 0.272. The van der Waals surface area contributed by atoms with Gasteiger partial charge in [0.1, 0.15) is 0 Å². The van der Waals surface area contributed by atoms with E-state index in [2.05, 4.69) is 0 Å². The molecule has 0 radical (unpaired) electrons. The Labute approximate surface area is 68.8 Å². The lowest BCUT2D eigenvalue weighted by atomic mass is 9.92. The second kappa shape index (κ2) is 4.07. The summed E-state index contributed by atoms with van der Waals surface area (Å²) < 4.78 is 0. The molecule has 66 valence electrons. The average Bonchev–Trinajstić information content (AvgIpc) is 2.38. The van der Waals surface area contributed by atoms with E-state index in [0.29, 0.717) is 6.61 Å². The molecular formula is C9H19NO. The van der Waals surface area contributed by atoms with Gasteiger partial charge in [0.15, 0.2) is 0 Å². The van der Waals surface area contributed by atoms with Crippen LogP contribution >= 0.6 is 0 Å². The Morgan fingerprint density at radius 1 is 1.18 bits per heavy atom. The van der Waals surface area contributed by atoms with Crippen molar-refractivity contribution in [1.82, 2.24) is 0 Å². The number of hydrogen-bond donors (Lipinski definition) is 2. The zero-order valence-corrected chi connectivity index (χ0v) is 7.18. The topological polar surface area (TPSA) is 46.2 Å². The minimum absolute atomic E-state index is 0.134. The van der Waals surface area contributed by atoms with Crippen molar-refractivity contribution < 1.29 is 5.11 Å². The first kappa shape index (κ1) is 9.01. The van der Waals surface area contributed by atoms with E-state index >= 15 is 0 Å². The highest BCUT2D eigenvalue weighted by Crippen LogP contribution is 2.31. The van der Waals surface area contributed by atoms with E-state index < -0.39 is 0 Å².